The van der Waals surface area contributed by atoms with E-state index in [2.05, 4.69) is 20.0 Å². The van der Waals surface area contributed by atoms with Crippen LogP contribution in [0.15, 0.2) is 35.4 Å². The van der Waals surface area contributed by atoms with Gasteiger partial charge in [-0.25, -0.2) is 18.4 Å². The Bertz CT molecular complexity index is 1180. The first-order valence-corrected chi connectivity index (χ1v) is 11.9. The molecule has 0 bridgehead atoms. The number of aromatic nitrogens is 2. The molecule has 0 aliphatic rings. The molecule has 0 amide bonds. The van der Waals surface area contributed by atoms with E-state index < -0.39 is 10.0 Å². The summed E-state index contributed by atoms with van der Waals surface area (Å²) in [6.07, 6.45) is 1.38. The van der Waals surface area contributed by atoms with Gasteiger partial charge in [0, 0.05) is 6.04 Å². The number of thiazole rings is 1. The number of methoxy groups -OCH3 is 1. The fourth-order valence-corrected chi connectivity index (χ4v) is 5.27. The summed E-state index contributed by atoms with van der Waals surface area (Å²) in [5.74, 6) is 0.243. The molecule has 1 aromatic carbocycles. The molecule has 0 saturated heterocycles. The van der Waals surface area contributed by atoms with Crippen LogP contribution in [-0.4, -0.2) is 31.5 Å². The van der Waals surface area contributed by atoms with Gasteiger partial charge in [0.2, 0.25) is 0 Å². The molecule has 0 atom stereocenters. The van der Waals surface area contributed by atoms with Crippen molar-refractivity contribution < 1.29 is 13.2 Å². The van der Waals surface area contributed by atoms with Crippen molar-refractivity contribution in [2.45, 2.75) is 38.6 Å². The topological polar surface area (TPSA) is 93.2 Å². The van der Waals surface area contributed by atoms with Crippen LogP contribution in [0.2, 0.25) is 5.15 Å². The highest BCUT2D eigenvalue weighted by atomic mass is 35.5. The van der Waals surface area contributed by atoms with Crippen LogP contribution < -0.4 is 14.8 Å². The number of pyridine rings is 1. The number of aryl methyl sites for hydroxylation is 2. The highest BCUT2D eigenvalue weighted by Crippen LogP contribution is 2.37. The monoisotopic (exact) mass is 466 g/mol. The van der Waals surface area contributed by atoms with Gasteiger partial charge in [-0.1, -0.05) is 22.9 Å². The van der Waals surface area contributed by atoms with Gasteiger partial charge in [-0.2, -0.15) is 0 Å². The molecule has 0 spiro atoms. The van der Waals surface area contributed by atoms with Crippen LogP contribution in [0.5, 0.6) is 5.75 Å². The number of anilines is 2. The summed E-state index contributed by atoms with van der Waals surface area (Å²) in [7, 11) is -2.50. The number of nitrogens with zero attached hydrogens (tertiary/aromatic N) is 2. The average molecular weight is 467 g/mol. The Hall–Kier alpha value is -2.36. The Balaban J connectivity index is 2.02. The number of halogens is 1. The average Bonchev–Trinajstić information content (AvgIpc) is 3.03. The van der Waals surface area contributed by atoms with Crippen molar-refractivity contribution >= 4 is 43.8 Å². The van der Waals surface area contributed by atoms with Crippen molar-refractivity contribution in [1.29, 1.82) is 0 Å². The van der Waals surface area contributed by atoms with E-state index in [0.29, 0.717) is 16.4 Å². The summed E-state index contributed by atoms with van der Waals surface area (Å²) in [6.45, 7) is 7.72. The van der Waals surface area contributed by atoms with E-state index in [4.69, 9.17) is 16.3 Å². The largest absolute Gasteiger partial charge is 0.495 e. The molecule has 7 nitrogen and oxygen atoms in total. The number of benzene rings is 1. The van der Waals surface area contributed by atoms with Crippen molar-refractivity contribution in [3.8, 4) is 16.2 Å². The van der Waals surface area contributed by atoms with Crippen molar-refractivity contribution in [3.05, 3.63) is 46.9 Å². The van der Waals surface area contributed by atoms with Gasteiger partial charge in [0.25, 0.3) is 10.0 Å². The second-order valence-corrected chi connectivity index (χ2v) is 10.0. The Kier molecular flexibility index (Phi) is 6.54. The number of hydrogen-bond acceptors (Lipinski definition) is 7. The quantitative estimate of drug-likeness (QED) is 0.470. The van der Waals surface area contributed by atoms with Crippen molar-refractivity contribution in [2.75, 3.05) is 17.1 Å². The second-order valence-electron chi connectivity index (χ2n) is 7.04. The first kappa shape index (κ1) is 22.3. The third kappa shape index (κ3) is 4.85. The molecule has 2 heterocycles. The Morgan fingerprint density at radius 1 is 1.20 bits per heavy atom. The third-order valence-electron chi connectivity index (χ3n) is 4.19. The summed E-state index contributed by atoms with van der Waals surface area (Å²) in [5, 5.41) is 4.39. The van der Waals surface area contributed by atoms with Crippen LogP contribution in [0.3, 0.4) is 0 Å². The lowest BCUT2D eigenvalue weighted by Gasteiger charge is -2.13. The summed E-state index contributed by atoms with van der Waals surface area (Å²) in [6, 6.07) is 6.93. The van der Waals surface area contributed by atoms with Gasteiger partial charge in [0.15, 0.2) is 5.13 Å². The summed E-state index contributed by atoms with van der Waals surface area (Å²) in [5.41, 5.74) is 2.56. The van der Waals surface area contributed by atoms with Crippen LogP contribution in [0.25, 0.3) is 10.4 Å². The molecule has 10 heteroatoms. The molecule has 2 aromatic heterocycles. The summed E-state index contributed by atoms with van der Waals surface area (Å²) >= 11 is 7.41. The number of nitrogens with one attached hydrogen (secondary N) is 2. The minimum atomic E-state index is -3.93. The van der Waals surface area contributed by atoms with Crippen molar-refractivity contribution in [3.63, 3.8) is 0 Å². The Labute approximate surface area is 185 Å². The normalized spacial score (nSPS) is 11.6. The zero-order chi connectivity index (χ0) is 22.1. The molecule has 0 aliphatic heterocycles. The molecule has 0 unspecified atom stereocenters. The van der Waals surface area contributed by atoms with Gasteiger partial charge < -0.3 is 10.1 Å². The van der Waals surface area contributed by atoms with Crippen LogP contribution in [0.4, 0.5) is 10.8 Å². The highest BCUT2D eigenvalue weighted by molar-refractivity contribution is 7.92. The van der Waals surface area contributed by atoms with Crippen LogP contribution in [0.1, 0.15) is 25.1 Å². The fourth-order valence-electron chi connectivity index (χ4n) is 2.82. The van der Waals surface area contributed by atoms with E-state index in [0.717, 1.165) is 21.3 Å². The zero-order valence-electron chi connectivity index (χ0n) is 17.3. The second kappa shape index (κ2) is 8.79. The first-order chi connectivity index (χ1) is 14.1. The van der Waals surface area contributed by atoms with Gasteiger partial charge in [-0.05, 0) is 63.1 Å². The van der Waals surface area contributed by atoms with Gasteiger partial charge in [0.1, 0.15) is 15.8 Å². The van der Waals surface area contributed by atoms with E-state index in [1.165, 1.54) is 24.6 Å². The standard InChI is InChI=1S/C20H23ClN4O3S2/c1-11(2)23-20-24-13(4)18(29-20)14-6-7-16(28-5)17(9-14)30(26,27)25-15-8-12(3)19(21)22-10-15/h6-11,25H,1-5H3,(H,23,24). The predicted octanol–water partition coefficient (Wildman–Crippen LogP) is 5.11. The number of rotatable bonds is 7. The van der Waals surface area contributed by atoms with Crippen LogP contribution >= 0.6 is 22.9 Å². The molecule has 3 aromatic rings. The number of ether oxygens (including phenoxy) is 1. The lowest BCUT2D eigenvalue weighted by molar-refractivity contribution is 0.403. The third-order valence-corrected chi connectivity index (χ3v) is 7.13. The van der Waals surface area contributed by atoms with E-state index in [1.54, 1.807) is 25.1 Å². The van der Waals surface area contributed by atoms with E-state index in [-0.39, 0.29) is 16.7 Å². The van der Waals surface area contributed by atoms with E-state index in [9.17, 15) is 8.42 Å². The maximum absolute atomic E-state index is 13.1. The maximum Gasteiger partial charge on any atom is 0.265 e. The summed E-state index contributed by atoms with van der Waals surface area (Å²) < 4.78 is 34.1. The molecule has 0 radical (unpaired) electrons. The first-order valence-electron chi connectivity index (χ1n) is 9.18. The lowest BCUT2D eigenvalue weighted by Crippen LogP contribution is -2.14. The molecule has 0 aliphatic carbocycles. The molecular weight excluding hydrogens is 444 g/mol. The van der Waals surface area contributed by atoms with Crippen LogP contribution in [0, 0.1) is 13.8 Å². The summed E-state index contributed by atoms with van der Waals surface area (Å²) in [4.78, 5) is 9.45. The van der Waals surface area contributed by atoms with Gasteiger partial charge >= 0.3 is 0 Å². The van der Waals surface area contributed by atoms with Crippen molar-refractivity contribution in [1.82, 2.24) is 9.97 Å². The predicted molar refractivity (Wildman–Crippen MR) is 122 cm³/mol. The number of hydrogen-bond donors (Lipinski definition) is 2. The zero-order valence-corrected chi connectivity index (χ0v) is 19.7. The maximum atomic E-state index is 13.1. The minimum absolute atomic E-state index is 0.0290. The SMILES string of the molecule is COc1ccc(-c2sc(NC(C)C)nc2C)cc1S(=O)(=O)Nc1cnc(Cl)c(C)c1. The molecule has 0 saturated carbocycles. The smallest absolute Gasteiger partial charge is 0.265 e. The highest BCUT2D eigenvalue weighted by Gasteiger charge is 2.22. The van der Waals surface area contributed by atoms with Gasteiger partial charge in [-0.15, -0.1) is 0 Å². The molecular formula is C20H23ClN4O3S2. The molecule has 30 heavy (non-hydrogen) atoms. The van der Waals surface area contributed by atoms with Crippen molar-refractivity contribution in [2.24, 2.45) is 0 Å². The number of sulfonamides is 1. The Morgan fingerprint density at radius 3 is 2.57 bits per heavy atom. The Morgan fingerprint density at radius 2 is 1.93 bits per heavy atom. The minimum Gasteiger partial charge on any atom is -0.495 e. The molecule has 0 fully saturated rings. The van der Waals surface area contributed by atoms with Crippen LogP contribution in [-0.2, 0) is 10.0 Å². The van der Waals surface area contributed by atoms with E-state index >= 15 is 0 Å². The molecule has 3 rings (SSSR count). The fraction of sp³-hybridized carbons (Fsp3) is 0.300. The lowest BCUT2D eigenvalue weighted by atomic mass is 10.1. The van der Waals surface area contributed by atoms with Gasteiger partial charge in [-0.3, -0.25) is 4.72 Å². The van der Waals surface area contributed by atoms with Gasteiger partial charge in [0.05, 0.1) is 29.6 Å². The molecule has 2 N–H and O–H groups in total. The van der Waals surface area contributed by atoms with E-state index in [1.807, 2.05) is 26.8 Å². The molecule has 160 valence electrons.